The predicted molar refractivity (Wildman–Crippen MR) is 84.7 cm³/mol. The Morgan fingerprint density at radius 3 is 2.86 bits per heavy atom. The number of halogens is 1. The Labute approximate surface area is 136 Å². The number of amides is 1. The van der Waals surface area contributed by atoms with Crippen molar-refractivity contribution in [1.29, 1.82) is 0 Å². The summed E-state index contributed by atoms with van der Waals surface area (Å²) >= 11 is 6.00. The minimum absolute atomic E-state index is 0.208. The fraction of sp³-hybridized carbons (Fsp3) is 0.667. The summed E-state index contributed by atoms with van der Waals surface area (Å²) < 4.78 is 5.42. The van der Waals surface area contributed by atoms with E-state index in [0.717, 1.165) is 25.1 Å². The highest BCUT2D eigenvalue weighted by atomic mass is 35.5. The molecule has 1 N–H and O–H groups in total. The van der Waals surface area contributed by atoms with E-state index in [4.69, 9.17) is 16.3 Å². The molecule has 2 heterocycles. The molecule has 1 aliphatic heterocycles. The molecule has 0 aromatic carbocycles. The predicted octanol–water partition coefficient (Wildman–Crippen LogP) is 2.62. The molecule has 122 valence electrons. The second kappa shape index (κ2) is 7.24. The van der Waals surface area contributed by atoms with Crippen molar-refractivity contribution in [3.63, 3.8) is 0 Å². The zero-order valence-corrected chi connectivity index (χ0v) is 14.1. The Morgan fingerprint density at radius 2 is 2.18 bits per heavy atom. The van der Waals surface area contributed by atoms with E-state index in [1.807, 2.05) is 20.8 Å². The Kier molecular flexibility index (Phi) is 5.58. The van der Waals surface area contributed by atoms with E-state index in [1.165, 1.54) is 0 Å². The van der Waals surface area contributed by atoms with Crippen LogP contribution in [-0.4, -0.2) is 45.7 Å². The van der Waals surface area contributed by atoms with Gasteiger partial charge in [-0.15, -0.1) is 0 Å². The summed E-state index contributed by atoms with van der Waals surface area (Å²) in [6.07, 6.45) is 4.90. The largest absolute Gasteiger partial charge is 0.444 e. The molecular formula is C15H23ClN4O2. The Morgan fingerprint density at radius 1 is 1.45 bits per heavy atom. The van der Waals surface area contributed by atoms with Gasteiger partial charge in [0.05, 0.1) is 5.69 Å². The number of piperidine rings is 1. The van der Waals surface area contributed by atoms with Crippen LogP contribution in [0.15, 0.2) is 12.4 Å². The van der Waals surface area contributed by atoms with Crippen LogP contribution in [0.1, 0.15) is 39.3 Å². The van der Waals surface area contributed by atoms with E-state index in [9.17, 15) is 4.79 Å². The molecule has 1 saturated heterocycles. The summed E-state index contributed by atoms with van der Waals surface area (Å²) in [5.74, 6) is 0. The van der Waals surface area contributed by atoms with E-state index in [0.29, 0.717) is 18.2 Å². The molecule has 1 amide bonds. The molecule has 1 aromatic heterocycles. The van der Waals surface area contributed by atoms with E-state index in [2.05, 4.69) is 15.3 Å². The fourth-order valence-corrected chi connectivity index (χ4v) is 2.52. The topological polar surface area (TPSA) is 67.3 Å². The molecule has 7 heteroatoms. The van der Waals surface area contributed by atoms with Crippen LogP contribution in [0.25, 0.3) is 0 Å². The number of nitrogens with zero attached hydrogens (tertiary/aromatic N) is 3. The lowest BCUT2D eigenvalue weighted by atomic mass is 10.1. The lowest BCUT2D eigenvalue weighted by Crippen LogP contribution is -2.49. The van der Waals surface area contributed by atoms with Gasteiger partial charge < -0.3 is 15.0 Å². The normalized spacial score (nSPS) is 19.1. The number of ether oxygens (including phenoxy) is 1. The SMILES string of the molecule is CC(C)(C)OC(=O)N1CCC[C@H](NCc2nccnc2Cl)C1. The van der Waals surface area contributed by atoms with Gasteiger partial charge in [-0.25, -0.2) is 9.78 Å². The molecule has 1 fully saturated rings. The Bertz CT molecular complexity index is 519. The molecular weight excluding hydrogens is 304 g/mol. The number of nitrogens with one attached hydrogen (secondary N) is 1. The first-order chi connectivity index (χ1) is 10.3. The third-order valence-corrected chi connectivity index (χ3v) is 3.67. The summed E-state index contributed by atoms with van der Waals surface area (Å²) in [6.45, 7) is 7.53. The van der Waals surface area contributed by atoms with Gasteiger partial charge in [-0.1, -0.05) is 11.6 Å². The molecule has 0 spiro atoms. The smallest absolute Gasteiger partial charge is 0.410 e. The molecule has 0 aliphatic carbocycles. The van der Waals surface area contributed by atoms with Gasteiger partial charge in [-0.05, 0) is 33.6 Å². The average Bonchev–Trinajstić information content (AvgIpc) is 2.45. The molecule has 22 heavy (non-hydrogen) atoms. The van der Waals surface area contributed by atoms with Crippen molar-refractivity contribution in [1.82, 2.24) is 20.2 Å². The van der Waals surface area contributed by atoms with Crippen LogP contribution in [0.4, 0.5) is 4.79 Å². The standard InChI is InChI=1S/C15H23ClN4O2/c1-15(2,3)22-14(21)20-8-4-5-11(10-20)19-9-12-13(16)18-7-6-17-12/h6-7,11,19H,4-5,8-10H2,1-3H3/t11-/m0/s1. The molecule has 0 bridgehead atoms. The Balaban J connectivity index is 1.86. The summed E-state index contributed by atoms with van der Waals surface area (Å²) in [7, 11) is 0. The van der Waals surface area contributed by atoms with E-state index in [1.54, 1.807) is 17.3 Å². The third-order valence-electron chi connectivity index (χ3n) is 3.35. The molecule has 0 unspecified atom stereocenters. The first kappa shape index (κ1) is 17.0. The summed E-state index contributed by atoms with van der Waals surface area (Å²) in [5.41, 5.74) is 0.253. The first-order valence-corrected chi connectivity index (χ1v) is 7.89. The minimum Gasteiger partial charge on any atom is -0.444 e. The van der Waals surface area contributed by atoms with Crippen molar-refractivity contribution in [2.24, 2.45) is 0 Å². The third kappa shape index (κ3) is 5.10. The van der Waals surface area contributed by atoms with Gasteiger partial charge in [-0.3, -0.25) is 4.98 Å². The number of hydrogen-bond donors (Lipinski definition) is 1. The number of likely N-dealkylation sites (tertiary alicyclic amines) is 1. The van der Waals surface area contributed by atoms with Crippen LogP contribution in [-0.2, 0) is 11.3 Å². The van der Waals surface area contributed by atoms with Gasteiger partial charge in [-0.2, -0.15) is 0 Å². The maximum atomic E-state index is 12.1. The first-order valence-electron chi connectivity index (χ1n) is 7.52. The average molecular weight is 327 g/mol. The summed E-state index contributed by atoms with van der Waals surface area (Å²) in [6, 6.07) is 0.208. The van der Waals surface area contributed by atoms with Gasteiger partial charge in [0.1, 0.15) is 5.60 Å². The minimum atomic E-state index is -0.468. The second-order valence-electron chi connectivity index (χ2n) is 6.44. The fourth-order valence-electron chi connectivity index (χ4n) is 2.35. The van der Waals surface area contributed by atoms with Crippen molar-refractivity contribution in [2.45, 2.75) is 51.8 Å². The van der Waals surface area contributed by atoms with Crippen molar-refractivity contribution in [3.8, 4) is 0 Å². The number of carbonyl (C=O) groups is 1. The summed E-state index contributed by atoms with van der Waals surface area (Å²) in [5, 5.41) is 3.80. The molecule has 2 rings (SSSR count). The molecule has 6 nitrogen and oxygen atoms in total. The molecule has 1 aromatic rings. The quantitative estimate of drug-likeness (QED) is 0.924. The van der Waals surface area contributed by atoms with Gasteiger partial charge in [0.15, 0.2) is 5.15 Å². The molecule has 0 radical (unpaired) electrons. The molecule has 0 saturated carbocycles. The highest BCUT2D eigenvalue weighted by Gasteiger charge is 2.27. The van der Waals surface area contributed by atoms with Crippen molar-refractivity contribution >= 4 is 17.7 Å². The summed E-state index contributed by atoms with van der Waals surface area (Å²) in [4.78, 5) is 22.1. The monoisotopic (exact) mass is 326 g/mol. The van der Waals surface area contributed by atoms with Crippen molar-refractivity contribution in [2.75, 3.05) is 13.1 Å². The maximum absolute atomic E-state index is 12.1. The van der Waals surface area contributed by atoms with E-state index in [-0.39, 0.29) is 12.1 Å². The zero-order valence-electron chi connectivity index (χ0n) is 13.3. The number of rotatable bonds is 3. The second-order valence-corrected chi connectivity index (χ2v) is 6.80. The van der Waals surface area contributed by atoms with Crippen molar-refractivity contribution < 1.29 is 9.53 Å². The maximum Gasteiger partial charge on any atom is 0.410 e. The van der Waals surface area contributed by atoms with Gasteiger partial charge >= 0.3 is 6.09 Å². The van der Waals surface area contributed by atoms with Crippen LogP contribution in [0.3, 0.4) is 0 Å². The van der Waals surface area contributed by atoms with Crippen molar-refractivity contribution in [3.05, 3.63) is 23.2 Å². The van der Waals surface area contributed by atoms with Crippen LogP contribution in [0.2, 0.25) is 5.15 Å². The van der Waals surface area contributed by atoms with E-state index >= 15 is 0 Å². The lowest BCUT2D eigenvalue weighted by Gasteiger charge is -2.34. The van der Waals surface area contributed by atoms with Crippen LogP contribution in [0, 0.1) is 0 Å². The van der Waals surface area contributed by atoms with Crippen LogP contribution < -0.4 is 5.32 Å². The lowest BCUT2D eigenvalue weighted by molar-refractivity contribution is 0.0187. The Hall–Kier alpha value is -1.40. The van der Waals surface area contributed by atoms with Gasteiger partial charge in [0.25, 0.3) is 0 Å². The van der Waals surface area contributed by atoms with Crippen LogP contribution in [0.5, 0.6) is 0 Å². The van der Waals surface area contributed by atoms with Crippen LogP contribution >= 0.6 is 11.6 Å². The number of aromatic nitrogens is 2. The number of hydrogen-bond acceptors (Lipinski definition) is 5. The van der Waals surface area contributed by atoms with Gasteiger partial charge in [0, 0.05) is 38.1 Å². The highest BCUT2D eigenvalue weighted by Crippen LogP contribution is 2.16. The molecule has 1 atom stereocenters. The zero-order chi connectivity index (χ0) is 16.2. The molecule has 1 aliphatic rings. The number of carbonyl (C=O) groups excluding carboxylic acids is 1. The van der Waals surface area contributed by atoms with E-state index < -0.39 is 5.60 Å². The van der Waals surface area contributed by atoms with Gasteiger partial charge in [0.2, 0.25) is 0 Å². The highest BCUT2D eigenvalue weighted by molar-refractivity contribution is 6.29.